The third-order valence-electron chi connectivity index (χ3n) is 4.68. The Kier molecular flexibility index (Phi) is 6.90. The van der Waals surface area contributed by atoms with Crippen LogP contribution < -0.4 is 10.1 Å². The number of carbonyl (C=O) groups excluding carboxylic acids is 2. The van der Waals surface area contributed by atoms with E-state index in [1.54, 1.807) is 37.7 Å². The van der Waals surface area contributed by atoms with Gasteiger partial charge in [0, 0.05) is 61.9 Å². The van der Waals surface area contributed by atoms with Crippen molar-refractivity contribution in [1.29, 1.82) is 0 Å². The molecule has 0 atom stereocenters. The summed E-state index contributed by atoms with van der Waals surface area (Å²) in [7, 11) is 1.56. The zero-order valence-corrected chi connectivity index (χ0v) is 17.4. The number of aryl methyl sites for hydroxylation is 1. The number of pyridine rings is 1. The maximum absolute atomic E-state index is 12.7. The number of ether oxygens (including phenoxy) is 1. The Hall–Kier alpha value is -3.55. The highest BCUT2D eigenvalue weighted by molar-refractivity contribution is 5.89. The first kappa shape index (κ1) is 21.2. The van der Waals surface area contributed by atoms with Crippen molar-refractivity contribution in [2.24, 2.45) is 0 Å². The topological polar surface area (TPSA) is 99.0 Å². The van der Waals surface area contributed by atoms with Gasteiger partial charge in [0.1, 0.15) is 17.4 Å². The van der Waals surface area contributed by atoms with Crippen LogP contribution in [0.25, 0.3) is 11.4 Å². The van der Waals surface area contributed by atoms with E-state index in [0.717, 1.165) is 22.8 Å². The minimum atomic E-state index is -0.166. The predicted octanol–water partition coefficient (Wildman–Crippen LogP) is 3.07. The smallest absolute Gasteiger partial charge is 0.221 e. The molecule has 0 aliphatic heterocycles. The van der Waals surface area contributed by atoms with E-state index in [9.17, 15) is 9.59 Å². The maximum atomic E-state index is 12.7. The number of amides is 1. The highest BCUT2D eigenvalue weighted by atomic mass is 16.5. The van der Waals surface area contributed by atoms with E-state index in [-0.39, 0.29) is 18.1 Å². The predicted molar refractivity (Wildman–Crippen MR) is 113 cm³/mol. The molecule has 1 N–H and O–H groups in total. The van der Waals surface area contributed by atoms with Gasteiger partial charge in [0.15, 0.2) is 5.82 Å². The normalized spacial score (nSPS) is 10.6. The molecule has 8 heteroatoms. The molecule has 0 fully saturated rings. The van der Waals surface area contributed by atoms with Crippen molar-refractivity contribution in [2.45, 2.75) is 39.7 Å². The summed E-state index contributed by atoms with van der Waals surface area (Å²) in [6, 6.07) is 9.06. The molecule has 156 valence electrons. The van der Waals surface area contributed by atoms with E-state index in [4.69, 9.17) is 4.74 Å². The average Bonchev–Trinajstić information content (AvgIpc) is 3.15. The molecule has 8 nitrogen and oxygen atoms in total. The number of rotatable bonds is 9. The lowest BCUT2D eigenvalue weighted by molar-refractivity contribution is -0.118. The van der Waals surface area contributed by atoms with Gasteiger partial charge in [-0.15, -0.1) is 10.2 Å². The van der Waals surface area contributed by atoms with Crippen LogP contribution in [0.15, 0.2) is 42.7 Å². The van der Waals surface area contributed by atoms with Crippen molar-refractivity contribution in [2.75, 3.05) is 12.4 Å². The van der Waals surface area contributed by atoms with Gasteiger partial charge in [-0.25, -0.2) is 0 Å². The standard InChI is InChI=1S/C22H25N5O3/c1-4-27-21(25-26-22(27)16-6-5-11-23-14-16)10-8-19(29)13-17-12-18(24-15(2)28)7-9-20(17)30-3/h5-7,9,11-12,14H,4,8,10,13H2,1-3H3,(H,24,28). The Morgan fingerprint density at radius 3 is 2.70 bits per heavy atom. The number of ketones is 1. The van der Waals surface area contributed by atoms with Crippen molar-refractivity contribution in [3.63, 3.8) is 0 Å². The van der Waals surface area contributed by atoms with Gasteiger partial charge in [0.05, 0.1) is 7.11 Å². The Balaban J connectivity index is 1.69. The molecule has 0 unspecified atom stereocenters. The molecule has 2 aromatic heterocycles. The number of benzene rings is 1. The van der Waals surface area contributed by atoms with E-state index in [1.807, 2.05) is 23.6 Å². The lowest BCUT2D eigenvalue weighted by Gasteiger charge is -2.11. The number of methoxy groups -OCH3 is 1. The van der Waals surface area contributed by atoms with E-state index >= 15 is 0 Å². The largest absolute Gasteiger partial charge is 0.496 e. The summed E-state index contributed by atoms with van der Waals surface area (Å²) in [6.07, 6.45) is 4.50. The molecule has 0 bridgehead atoms. The molecule has 0 aliphatic carbocycles. The second-order valence-corrected chi connectivity index (χ2v) is 6.85. The molecule has 0 radical (unpaired) electrons. The molecule has 3 aromatic rings. The number of aromatic nitrogens is 4. The SMILES string of the molecule is CCn1c(CCC(=O)Cc2cc(NC(C)=O)ccc2OC)nnc1-c1cccnc1. The highest BCUT2D eigenvalue weighted by Crippen LogP contribution is 2.24. The number of nitrogens with zero attached hydrogens (tertiary/aromatic N) is 4. The van der Waals surface area contributed by atoms with Gasteiger partial charge in [0.2, 0.25) is 5.91 Å². The molecular formula is C22H25N5O3. The number of hydrogen-bond donors (Lipinski definition) is 1. The monoisotopic (exact) mass is 407 g/mol. The van der Waals surface area contributed by atoms with E-state index in [0.29, 0.717) is 30.8 Å². The van der Waals surface area contributed by atoms with Gasteiger partial charge in [-0.1, -0.05) is 0 Å². The minimum Gasteiger partial charge on any atom is -0.496 e. The molecule has 1 aromatic carbocycles. The lowest BCUT2D eigenvalue weighted by atomic mass is 10.0. The Labute approximate surface area is 175 Å². The number of hydrogen-bond acceptors (Lipinski definition) is 6. The quantitative estimate of drug-likeness (QED) is 0.585. The molecule has 3 rings (SSSR count). The van der Waals surface area contributed by atoms with Crippen LogP contribution in [0.3, 0.4) is 0 Å². The molecule has 0 aliphatic rings. The van der Waals surface area contributed by atoms with E-state index < -0.39 is 0 Å². The third-order valence-corrected chi connectivity index (χ3v) is 4.68. The Morgan fingerprint density at radius 1 is 1.20 bits per heavy atom. The summed E-state index contributed by atoms with van der Waals surface area (Å²) in [5, 5.41) is 11.3. The second-order valence-electron chi connectivity index (χ2n) is 6.85. The van der Waals surface area contributed by atoms with Gasteiger partial charge in [-0.2, -0.15) is 0 Å². The molecule has 30 heavy (non-hydrogen) atoms. The van der Waals surface area contributed by atoms with Crippen LogP contribution in [0.1, 0.15) is 31.7 Å². The van der Waals surface area contributed by atoms with E-state index in [1.165, 1.54) is 6.92 Å². The van der Waals surface area contributed by atoms with Crippen molar-refractivity contribution < 1.29 is 14.3 Å². The summed E-state index contributed by atoms with van der Waals surface area (Å²) in [4.78, 5) is 28.1. The van der Waals surface area contributed by atoms with Gasteiger partial charge < -0.3 is 14.6 Å². The number of carbonyl (C=O) groups is 2. The van der Waals surface area contributed by atoms with Crippen LogP contribution >= 0.6 is 0 Å². The fourth-order valence-corrected chi connectivity index (χ4v) is 3.31. The molecule has 2 heterocycles. The first-order chi connectivity index (χ1) is 14.5. The number of anilines is 1. The first-order valence-corrected chi connectivity index (χ1v) is 9.80. The summed E-state index contributed by atoms with van der Waals surface area (Å²) >= 11 is 0. The highest BCUT2D eigenvalue weighted by Gasteiger charge is 2.15. The molecule has 0 spiro atoms. The molecular weight excluding hydrogens is 382 g/mol. The first-order valence-electron chi connectivity index (χ1n) is 9.80. The summed E-state index contributed by atoms with van der Waals surface area (Å²) in [6.45, 7) is 4.17. The lowest BCUT2D eigenvalue weighted by Crippen LogP contribution is -2.10. The third kappa shape index (κ3) is 5.08. The van der Waals surface area contributed by atoms with Crippen LogP contribution in [0.2, 0.25) is 0 Å². The summed E-state index contributed by atoms with van der Waals surface area (Å²) in [5.74, 6) is 2.03. The van der Waals surface area contributed by atoms with Crippen LogP contribution in [0, 0.1) is 0 Å². The zero-order chi connectivity index (χ0) is 21.5. The Morgan fingerprint density at radius 2 is 2.03 bits per heavy atom. The van der Waals surface area contributed by atoms with Gasteiger partial charge >= 0.3 is 0 Å². The van der Waals surface area contributed by atoms with Crippen molar-refractivity contribution >= 4 is 17.4 Å². The van der Waals surface area contributed by atoms with Crippen LogP contribution in [0.5, 0.6) is 5.75 Å². The second kappa shape index (κ2) is 9.78. The summed E-state index contributed by atoms with van der Waals surface area (Å²) < 4.78 is 7.36. The molecule has 0 saturated heterocycles. The molecule has 0 saturated carbocycles. The Bertz CT molecular complexity index is 1030. The number of nitrogens with one attached hydrogen (secondary N) is 1. The fraction of sp³-hybridized carbons (Fsp3) is 0.318. The maximum Gasteiger partial charge on any atom is 0.221 e. The zero-order valence-electron chi connectivity index (χ0n) is 17.4. The van der Waals surface area contributed by atoms with Crippen molar-refractivity contribution in [3.05, 3.63) is 54.1 Å². The van der Waals surface area contributed by atoms with E-state index in [2.05, 4.69) is 20.5 Å². The van der Waals surface area contributed by atoms with Crippen molar-refractivity contribution in [1.82, 2.24) is 19.7 Å². The summed E-state index contributed by atoms with van der Waals surface area (Å²) in [5.41, 5.74) is 2.27. The van der Waals surface area contributed by atoms with Crippen LogP contribution in [-0.2, 0) is 29.0 Å². The van der Waals surface area contributed by atoms with Crippen LogP contribution in [0.4, 0.5) is 5.69 Å². The van der Waals surface area contributed by atoms with Gasteiger partial charge in [-0.3, -0.25) is 14.6 Å². The molecule has 1 amide bonds. The number of Topliss-reactive ketones (excluding diaryl/α,β-unsaturated/α-hetero) is 1. The van der Waals surface area contributed by atoms with Gasteiger partial charge in [-0.05, 0) is 37.3 Å². The fourth-order valence-electron chi connectivity index (χ4n) is 3.31. The van der Waals surface area contributed by atoms with Gasteiger partial charge in [0.25, 0.3) is 0 Å². The van der Waals surface area contributed by atoms with Crippen molar-refractivity contribution in [3.8, 4) is 17.1 Å². The average molecular weight is 407 g/mol. The van der Waals surface area contributed by atoms with Crippen LogP contribution in [-0.4, -0.2) is 38.5 Å². The minimum absolute atomic E-state index is 0.0573.